The van der Waals surface area contributed by atoms with Crippen molar-refractivity contribution < 1.29 is 9.72 Å². The van der Waals surface area contributed by atoms with Crippen molar-refractivity contribution in [2.45, 2.75) is 17.8 Å². The highest BCUT2D eigenvalue weighted by atomic mass is 32.2. The van der Waals surface area contributed by atoms with E-state index in [-0.39, 0.29) is 11.3 Å². The van der Waals surface area contributed by atoms with Crippen LogP contribution < -0.4 is 5.43 Å². The molecule has 0 aliphatic carbocycles. The first-order chi connectivity index (χ1) is 12.5. The SMILES string of the molecule is Cc1nnc(SCc2ccccc2)n1NC(=O)c1cccc([N+](=O)[O-])c1. The van der Waals surface area contributed by atoms with Crippen LogP contribution in [0.3, 0.4) is 0 Å². The van der Waals surface area contributed by atoms with Gasteiger partial charge in [-0.25, -0.2) is 4.68 Å². The van der Waals surface area contributed by atoms with Crippen molar-refractivity contribution in [3.63, 3.8) is 0 Å². The van der Waals surface area contributed by atoms with Crippen LogP contribution in [-0.2, 0) is 5.75 Å². The van der Waals surface area contributed by atoms with Crippen LogP contribution in [0.1, 0.15) is 21.7 Å². The second kappa shape index (κ2) is 7.79. The molecule has 1 heterocycles. The Balaban J connectivity index is 1.75. The van der Waals surface area contributed by atoms with E-state index in [4.69, 9.17) is 0 Å². The fourth-order valence-electron chi connectivity index (χ4n) is 2.21. The third kappa shape index (κ3) is 4.06. The normalized spacial score (nSPS) is 10.5. The fourth-order valence-corrected chi connectivity index (χ4v) is 3.11. The molecule has 0 aliphatic rings. The predicted octanol–water partition coefficient (Wildman–Crippen LogP) is 3.17. The van der Waals surface area contributed by atoms with Gasteiger partial charge in [0, 0.05) is 23.4 Å². The number of carbonyl (C=O) groups is 1. The highest BCUT2D eigenvalue weighted by molar-refractivity contribution is 7.98. The first-order valence-corrected chi connectivity index (χ1v) is 8.67. The lowest BCUT2D eigenvalue weighted by Gasteiger charge is -2.10. The Morgan fingerprint density at radius 2 is 1.96 bits per heavy atom. The van der Waals surface area contributed by atoms with Gasteiger partial charge in [0.2, 0.25) is 5.16 Å². The maximum Gasteiger partial charge on any atom is 0.270 e. The van der Waals surface area contributed by atoms with Crippen molar-refractivity contribution >= 4 is 23.4 Å². The first-order valence-electron chi connectivity index (χ1n) is 7.69. The number of nitro groups is 1. The molecule has 0 atom stereocenters. The minimum atomic E-state index is -0.540. The third-order valence-electron chi connectivity index (χ3n) is 3.54. The molecule has 0 spiro atoms. The maximum absolute atomic E-state index is 12.4. The van der Waals surface area contributed by atoms with E-state index in [0.29, 0.717) is 16.7 Å². The Labute approximate surface area is 153 Å². The number of hydrogen-bond donors (Lipinski definition) is 1. The van der Waals surface area contributed by atoms with Crippen molar-refractivity contribution in [3.8, 4) is 0 Å². The minimum Gasteiger partial charge on any atom is -0.267 e. The van der Waals surface area contributed by atoms with Crippen LogP contribution in [0.5, 0.6) is 0 Å². The number of nitro benzene ring substituents is 1. The Bertz CT molecular complexity index is 943. The van der Waals surface area contributed by atoms with Crippen LogP contribution >= 0.6 is 11.8 Å². The van der Waals surface area contributed by atoms with E-state index in [2.05, 4.69) is 15.6 Å². The molecule has 0 bridgehead atoms. The van der Waals surface area contributed by atoms with Crippen LogP contribution in [0.25, 0.3) is 0 Å². The number of nitrogens with one attached hydrogen (secondary N) is 1. The lowest BCUT2D eigenvalue weighted by molar-refractivity contribution is -0.384. The summed E-state index contributed by atoms with van der Waals surface area (Å²) in [6.45, 7) is 1.72. The molecule has 0 aliphatic heterocycles. The molecule has 26 heavy (non-hydrogen) atoms. The summed E-state index contributed by atoms with van der Waals surface area (Å²) in [5.74, 6) is 0.712. The van der Waals surface area contributed by atoms with Crippen LogP contribution in [0.4, 0.5) is 5.69 Å². The van der Waals surface area contributed by atoms with Gasteiger partial charge in [0.1, 0.15) is 5.82 Å². The number of rotatable bonds is 6. The largest absolute Gasteiger partial charge is 0.270 e. The number of benzene rings is 2. The lowest BCUT2D eigenvalue weighted by Crippen LogP contribution is -2.24. The van der Waals surface area contributed by atoms with Crippen LogP contribution in [0, 0.1) is 17.0 Å². The summed E-state index contributed by atoms with van der Waals surface area (Å²) in [6.07, 6.45) is 0. The highest BCUT2D eigenvalue weighted by Gasteiger charge is 2.16. The van der Waals surface area contributed by atoms with Crippen molar-refractivity contribution in [2.24, 2.45) is 0 Å². The smallest absolute Gasteiger partial charge is 0.267 e. The monoisotopic (exact) mass is 369 g/mol. The molecule has 0 saturated heterocycles. The van der Waals surface area contributed by atoms with Gasteiger partial charge in [-0.3, -0.25) is 20.3 Å². The molecule has 0 fully saturated rings. The molecule has 1 aromatic heterocycles. The first kappa shape index (κ1) is 17.6. The van der Waals surface area contributed by atoms with E-state index in [1.807, 2.05) is 30.3 Å². The van der Waals surface area contributed by atoms with Gasteiger partial charge in [0.15, 0.2) is 0 Å². The van der Waals surface area contributed by atoms with Gasteiger partial charge in [-0.15, -0.1) is 10.2 Å². The molecule has 1 N–H and O–H groups in total. The van der Waals surface area contributed by atoms with E-state index in [1.165, 1.54) is 40.7 Å². The lowest BCUT2D eigenvalue weighted by atomic mass is 10.2. The van der Waals surface area contributed by atoms with E-state index in [0.717, 1.165) is 5.56 Å². The van der Waals surface area contributed by atoms with E-state index in [1.54, 1.807) is 6.92 Å². The third-order valence-corrected chi connectivity index (χ3v) is 4.54. The van der Waals surface area contributed by atoms with Gasteiger partial charge < -0.3 is 0 Å². The maximum atomic E-state index is 12.4. The molecule has 132 valence electrons. The van der Waals surface area contributed by atoms with Gasteiger partial charge in [0.05, 0.1) is 4.92 Å². The number of amides is 1. The van der Waals surface area contributed by atoms with E-state index in [9.17, 15) is 14.9 Å². The van der Waals surface area contributed by atoms with Crippen molar-refractivity contribution in [3.05, 3.63) is 81.7 Å². The fraction of sp³-hybridized carbons (Fsp3) is 0.118. The Morgan fingerprint density at radius 3 is 2.69 bits per heavy atom. The van der Waals surface area contributed by atoms with Gasteiger partial charge in [0.25, 0.3) is 11.6 Å². The zero-order chi connectivity index (χ0) is 18.5. The van der Waals surface area contributed by atoms with E-state index < -0.39 is 10.8 Å². The van der Waals surface area contributed by atoms with Crippen LogP contribution in [0.15, 0.2) is 59.8 Å². The molecule has 0 saturated carbocycles. The number of carbonyl (C=O) groups excluding carboxylic acids is 1. The Hall–Kier alpha value is -3.20. The predicted molar refractivity (Wildman–Crippen MR) is 97.5 cm³/mol. The summed E-state index contributed by atoms with van der Waals surface area (Å²) in [5.41, 5.74) is 3.85. The zero-order valence-electron chi connectivity index (χ0n) is 13.8. The quantitative estimate of drug-likeness (QED) is 0.407. The van der Waals surface area contributed by atoms with Gasteiger partial charge in [-0.2, -0.15) is 0 Å². The van der Waals surface area contributed by atoms with Crippen molar-refractivity contribution in [2.75, 3.05) is 5.43 Å². The van der Waals surface area contributed by atoms with Gasteiger partial charge in [-0.1, -0.05) is 48.2 Å². The Kier molecular flexibility index (Phi) is 5.28. The molecule has 3 rings (SSSR count). The van der Waals surface area contributed by atoms with E-state index >= 15 is 0 Å². The Morgan fingerprint density at radius 1 is 1.19 bits per heavy atom. The van der Waals surface area contributed by atoms with Gasteiger partial charge in [-0.05, 0) is 18.6 Å². The van der Waals surface area contributed by atoms with Crippen LogP contribution in [-0.4, -0.2) is 25.7 Å². The molecule has 0 radical (unpaired) electrons. The number of nitrogens with zero attached hydrogens (tertiary/aromatic N) is 4. The topological polar surface area (TPSA) is 103 Å². The van der Waals surface area contributed by atoms with Gasteiger partial charge >= 0.3 is 0 Å². The summed E-state index contributed by atoms with van der Waals surface area (Å²) in [5, 5.41) is 19.5. The molecule has 9 heteroatoms. The molecular weight excluding hydrogens is 354 g/mol. The molecule has 8 nitrogen and oxygen atoms in total. The molecular formula is C17H15N5O3S. The average Bonchev–Trinajstić information content (AvgIpc) is 3.00. The summed E-state index contributed by atoms with van der Waals surface area (Å²) in [6, 6.07) is 15.4. The number of aromatic nitrogens is 3. The van der Waals surface area contributed by atoms with Crippen LogP contribution in [0.2, 0.25) is 0 Å². The number of hydrogen-bond acceptors (Lipinski definition) is 6. The number of aryl methyl sites for hydroxylation is 1. The number of thioether (sulfide) groups is 1. The average molecular weight is 369 g/mol. The molecule has 0 unspecified atom stereocenters. The summed E-state index contributed by atoms with van der Waals surface area (Å²) in [4.78, 5) is 22.8. The number of non-ortho nitro benzene ring substituents is 1. The zero-order valence-corrected chi connectivity index (χ0v) is 14.6. The summed E-state index contributed by atoms with van der Waals surface area (Å²) < 4.78 is 1.48. The second-order valence-corrected chi connectivity index (χ2v) is 6.33. The van der Waals surface area contributed by atoms with Crippen molar-refractivity contribution in [1.82, 2.24) is 14.9 Å². The standard InChI is InChI=1S/C17H15N5O3S/c1-12-18-19-17(26-11-13-6-3-2-4-7-13)21(12)20-16(23)14-8-5-9-15(10-14)22(24)25/h2-10H,11H2,1H3,(H,20,23). The molecule has 2 aromatic carbocycles. The summed E-state index contributed by atoms with van der Waals surface area (Å²) in [7, 11) is 0. The minimum absolute atomic E-state index is 0.142. The van der Waals surface area contributed by atoms with Crippen molar-refractivity contribution in [1.29, 1.82) is 0 Å². The summed E-state index contributed by atoms with van der Waals surface area (Å²) >= 11 is 1.43. The molecule has 1 amide bonds. The highest BCUT2D eigenvalue weighted by Crippen LogP contribution is 2.21. The second-order valence-electron chi connectivity index (χ2n) is 5.39. The molecule has 3 aromatic rings.